The smallest absolute Gasteiger partial charge is 0.161 e. The van der Waals surface area contributed by atoms with Gasteiger partial charge in [0.05, 0.1) is 42.5 Å². The number of hydrogen-bond acceptors (Lipinski definition) is 5. The molecule has 0 aliphatic rings. The summed E-state index contributed by atoms with van der Waals surface area (Å²) in [5, 5.41) is 4.26. The molecule has 0 aliphatic heterocycles. The monoisotopic (exact) mass is 470 g/mol. The zero-order valence-electron chi connectivity index (χ0n) is 14.3. The molecule has 7 heteroatoms. The van der Waals surface area contributed by atoms with E-state index in [9.17, 15) is 0 Å². The van der Waals surface area contributed by atoms with E-state index in [1.165, 1.54) is 0 Å². The van der Waals surface area contributed by atoms with Crippen LogP contribution in [0.25, 0.3) is 0 Å². The first-order valence-corrected chi connectivity index (χ1v) is 9.26. The lowest BCUT2D eigenvalue weighted by molar-refractivity contribution is 0.336. The second-order valence-corrected chi connectivity index (χ2v) is 6.74. The Labute approximate surface area is 164 Å². The lowest BCUT2D eigenvalue weighted by Crippen LogP contribution is -2.06. The van der Waals surface area contributed by atoms with Crippen LogP contribution in [0.2, 0.25) is 0 Å². The number of nitrogens with zero attached hydrogens (tertiary/aromatic N) is 1. The van der Waals surface area contributed by atoms with Gasteiger partial charge in [0.25, 0.3) is 0 Å². The molecule has 0 heterocycles. The van der Waals surface area contributed by atoms with Crippen LogP contribution >= 0.6 is 31.9 Å². The highest BCUT2D eigenvalue weighted by atomic mass is 79.9. The third-order valence-corrected chi connectivity index (χ3v) is 4.52. The van der Waals surface area contributed by atoms with Crippen molar-refractivity contribution in [1.82, 2.24) is 5.43 Å². The summed E-state index contributed by atoms with van der Waals surface area (Å²) in [4.78, 5) is 0. The molecule has 0 aliphatic carbocycles. The fraction of sp³-hybridized carbons (Fsp3) is 0.278. The van der Waals surface area contributed by atoms with Gasteiger partial charge in [-0.2, -0.15) is 5.10 Å². The van der Waals surface area contributed by atoms with Crippen LogP contribution in [0.1, 0.15) is 18.1 Å². The van der Waals surface area contributed by atoms with Crippen LogP contribution in [0.4, 0.5) is 0 Å². The molecule has 2 aromatic rings. The van der Waals surface area contributed by atoms with Crippen molar-refractivity contribution in [3.05, 3.63) is 50.4 Å². The van der Waals surface area contributed by atoms with Gasteiger partial charge in [-0.15, -0.1) is 0 Å². The number of rotatable bonds is 8. The Balaban J connectivity index is 2.00. The van der Waals surface area contributed by atoms with Crippen LogP contribution < -0.4 is 19.6 Å². The summed E-state index contributed by atoms with van der Waals surface area (Å²) >= 11 is 7.02. The molecule has 0 atom stereocenters. The van der Waals surface area contributed by atoms with Crippen molar-refractivity contribution in [1.29, 1.82) is 0 Å². The maximum absolute atomic E-state index is 5.57. The molecule has 1 N–H and O–H groups in total. The molecule has 0 fully saturated rings. The Kier molecular flexibility index (Phi) is 7.58. The molecule has 0 saturated heterocycles. The van der Waals surface area contributed by atoms with Crippen molar-refractivity contribution < 1.29 is 14.2 Å². The van der Waals surface area contributed by atoms with Gasteiger partial charge in [0, 0.05) is 0 Å². The third kappa shape index (κ3) is 5.37. The molecule has 2 rings (SSSR count). The fourth-order valence-electron chi connectivity index (χ4n) is 2.18. The van der Waals surface area contributed by atoms with Crippen molar-refractivity contribution in [3.8, 4) is 17.2 Å². The SMILES string of the molecule is CCOc1c(Br)cc(/C=N\NCc2ccc(OC)c(OC)c2)cc1Br. The zero-order chi connectivity index (χ0) is 18.2. The van der Waals surface area contributed by atoms with Gasteiger partial charge in [-0.05, 0) is 74.2 Å². The summed E-state index contributed by atoms with van der Waals surface area (Å²) in [6, 6.07) is 9.67. The molecule has 0 amide bonds. The van der Waals surface area contributed by atoms with E-state index < -0.39 is 0 Å². The normalized spacial score (nSPS) is 10.8. The molecule has 2 aromatic carbocycles. The van der Waals surface area contributed by atoms with Gasteiger partial charge in [0.15, 0.2) is 11.5 Å². The quantitative estimate of drug-likeness (QED) is 0.445. The molecule has 0 spiro atoms. The summed E-state index contributed by atoms with van der Waals surface area (Å²) in [5.74, 6) is 2.20. The fourth-order valence-corrected chi connectivity index (χ4v) is 3.63. The van der Waals surface area contributed by atoms with E-state index in [0.717, 1.165) is 25.8 Å². The van der Waals surface area contributed by atoms with Gasteiger partial charge < -0.3 is 19.6 Å². The minimum Gasteiger partial charge on any atom is -0.493 e. The van der Waals surface area contributed by atoms with E-state index in [-0.39, 0.29) is 0 Å². The Bertz CT molecular complexity index is 728. The predicted octanol–water partition coefficient (Wildman–Crippen LogP) is 4.75. The van der Waals surface area contributed by atoms with Crippen LogP contribution in [0, 0.1) is 0 Å². The maximum atomic E-state index is 5.57. The summed E-state index contributed by atoms with van der Waals surface area (Å²) in [6.45, 7) is 3.14. The van der Waals surface area contributed by atoms with Crippen molar-refractivity contribution in [2.24, 2.45) is 5.10 Å². The van der Waals surface area contributed by atoms with Crippen molar-refractivity contribution in [3.63, 3.8) is 0 Å². The van der Waals surface area contributed by atoms with E-state index in [1.54, 1.807) is 20.4 Å². The predicted molar refractivity (Wildman–Crippen MR) is 107 cm³/mol. The van der Waals surface area contributed by atoms with E-state index in [0.29, 0.717) is 24.7 Å². The molecule has 0 saturated carbocycles. The molecule has 0 aromatic heterocycles. The van der Waals surface area contributed by atoms with Crippen LogP contribution in [-0.4, -0.2) is 27.0 Å². The standard InChI is InChI=1S/C18H20Br2N2O3/c1-4-25-18-14(19)7-13(8-15(18)20)11-22-21-10-12-5-6-16(23-2)17(9-12)24-3/h5-9,11,21H,4,10H2,1-3H3/b22-11-. The average molecular weight is 472 g/mol. The van der Waals surface area contributed by atoms with Gasteiger partial charge in [-0.1, -0.05) is 6.07 Å². The lowest BCUT2D eigenvalue weighted by atomic mass is 10.2. The van der Waals surface area contributed by atoms with E-state index in [4.69, 9.17) is 14.2 Å². The van der Waals surface area contributed by atoms with Gasteiger partial charge >= 0.3 is 0 Å². The number of halogens is 2. The van der Waals surface area contributed by atoms with E-state index >= 15 is 0 Å². The molecule has 0 radical (unpaired) electrons. The first-order valence-electron chi connectivity index (χ1n) is 7.67. The largest absolute Gasteiger partial charge is 0.493 e. The third-order valence-electron chi connectivity index (χ3n) is 3.35. The molecule has 25 heavy (non-hydrogen) atoms. The number of methoxy groups -OCH3 is 2. The maximum Gasteiger partial charge on any atom is 0.161 e. The zero-order valence-corrected chi connectivity index (χ0v) is 17.5. The van der Waals surface area contributed by atoms with Crippen LogP contribution in [0.15, 0.2) is 44.4 Å². The highest BCUT2D eigenvalue weighted by Gasteiger charge is 2.07. The minimum absolute atomic E-state index is 0.580. The molecule has 0 unspecified atom stereocenters. The number of nitrogens with one attached hydrogen (secondary N) is 1. The topological polar surface area (TPSA) is 52.1 Å². The van der Waals surface area contributed by atoms with Crippen LogP contribution in [0.3, 0.4) is 0 Å². The first-order chi connectivity index (χ1) is 12.1. The van der Waals surface area contributed by atoms with Crippen LogP contribution in [0.5, 0.6) is 17.2 Å². The number of hydrazone groups is 1. The first kappa shape index (κ1) is 19.6. The molecule has 0 bridgehead atoms. The van der Waals surface area contributed by atoms with E-state index in [1.807, 2.05) is 37.3 Å². The van der Waals surface area contributed by atoms with Crippen LogP contribution in [-0.2, 0) is 6.54 Å². The average Bonchev–Trinajstić information content (AvgIpc) is 2.61. The van der Waals surface area contributed by atoms with Crippen molar-refractivity contribution in [2.75, 3.05) is 20.8 Å². The molecular formula is C18H20Br2N2O3. The lowest BCUT2D eigenvalue weighted by Gasteiger charge is -2.10. The summed E-state index contributed by atoms with van der Waals surface area (Å²) in [5.41, 5.74) is 5.02. The Morgan fingerprint density at radius 1 is 1.04 bits per heavy atom. The number of hydrogen-bond donors (Lipinski definition) is 1. The Hall–Kier alpha value is -1.73. The second-order valence-electron chi connectivity index (χ2n) is 5.03. The highest BCUT2D eigenvalue weighted by Crippen LogP contribution is 2.34. The number of ether oxygens (including phenoxy) is 3. The molecular weight excluding hydrogens is 452 g/mol. The minimum atomic E-state index is 0.580. The highest BCUT2D eigenvalue weighted by molar-refractivity contribution is 9.11. The molecule has 134 valence electrons. The Morgan fingerprint density at radius 3 is 2.32 bits per heavy atom. The van der Waals surface area contributed by atoms with Gasteiger partial charge in [-0.25, -0.2) is 0 Å². The number of benzene rings is 2. The Morgan fingerprint density at radius 2 is 1.72 bits per heavy atom. The van der Waals surface area contributed by atoms with Gasteiger partial charge in [0.1, 0.15) is 5.75 Å². The summed E-state index contributed by atoms with van der Waals surface area (Å²) in [6.07, 6.45) is 1.76. The summed E-state index contributed by atoms with van der Waals surface area (Å²) in [7, 11) is 3.24. The summed E-state index contributed by atoms with van der Waals surface area (Å²) < 4.78 is 17.9. The van der Waals surface area contributed by atoms with Crippen molar-refractivity contribution in [2.45, 2.75) is 13.5 Å². The van der Waals surface area contributed by atoms with Crippen molar-refractivity contribution >= 4 is 38.1 Å². The van der Waals surface area contributed by atoms with Gasteiger partial charge in [-0.3, -0.25) is 0 Å². The molecule has 5 nitrogen and oxygen atoms in total. The van der Waals surface area contributed by atoms with E-state index in [2.05, 4.69) is 42.4 Å². The van der Waals surface area contributed by atoms with Gasteiger partial charge in [0.2, 0.25) is 0 Å². The second kappa shape index (κ2) is 9.68.